The van der Waals surface area contributed by atoms with Gasteiger partial charge >= 0.3 is 0 Å². The molecular formula is C23H26ClN3O4. The minimum absolute atomic E-state index is 0.0781. The van der Waals surface area contributed by atoms with E-state index in [1.807, 2.05) is 0 Å². The van der Waals surface area contributed by atoms with E-state index < -0.39 is 0 Å². The van der Waals surface area contributed by atoms with Gasteiger partial charge in [-0.1, -0.05) is 23.7 Å². The van der Waals surface area contributed by atoms with Gasteiger partial charge in [-0.15, -0.1) is 0 Å². The van der Waals surface area contributed by atoms with Gasteiger partial charge in [0.2, 0.25) is 5.91 Å². The fourth-order valence-electron chi connectivity index (χ4n) is 4.25. The van der Waals surface area contributed by atoms with E-state index in [0.717, 1.165) is 51.5 Å². The number of nitrogens with one attached hydrogen (secondary N) is 1. The van der Waals surface area contributed by atoms with Crippen molar-refractivity contribution >= 4 is 23.2 Å². The minimum Gasteiger partial charge on any atom is -0.493 e. The maximum absolute atomic E-state index is 12.6. The Balaban J connectivity index is 1.11. The number of fused-ring (bicyclic) bond motifs is 2. The molecule has 7 nitrogen and oxygen atoms in total. The lowest BCUT2D eigenvalue weighted by molar-refractivity contribution is -0.117. The minimum atomic E-state index is -0.0781. The van der Waals surface area contributed by atoms with E-state index in [-0.39, 0.29) is 5.91 Å². The first kappa shape index (κ1) is 20.4. The summed E-state index contributed by atoms with van der Waals surface area (Å²) in [5.74, 6) is 2.17. The van der Waals surface area contributed by atoms with Gasteiger partial charge in [-0.3, -0.25) is 14.6 Å². The van der Waals surface area contributed by atoms with Crippen LogP contribution in [0.2, 0.25) is 5.02 Å². The van der Waals surface area contributed by atoms with Crippen LogP contribution in [0.3, 0.4) is 0 Å². The van der Waals surface area contributed by atoms with Gasteiger partial charge < -0.3 is 19.5 Å². The third-order valence-corrected chi connectivity index (χ3v) is 6.21. The van der Waals surface area contributed by atoms with Crippen LogP contribution in [0.25, 0.3) is 0 Å². The number of hydrogen-bond donors (Lipinski definition) is 1. The van der Waals surface area contributed by atoms with Crippen LogP contribution in [0.1, 0.15) is 11.1 Å². The van der Waals surface area contributed by atoms with E-state index in [2.05, 4.69) is 33.3 Å². The standard InChI is InChI=1S/C23H26ClN3O4/c24-18-12-21-22(31-10-9-30-21)13-19(18)25-23(28)15-27-6-4-26(5-7-27)14-16-1-2-20-17(11-16)3-8-29-20/h1-2,11-13H,3-10,14-15H2,(H,25,28). The molecule has 0 spiro atoms. The lowest BCUT2D eigenvalue weighted by atomic mass is 10.1. The Bertz CT molecular complexity index is 976. The fraction of sp³-hybridized carbons (Fsp3) is 0.435. The maximum Gasteiger partial charge on any atom is 0.238 e. The molecule has 3 aliphatic heterocycles. The number of hydrogen-bond acceptors (Lipinski definition) is 6. The first-order chi connectivity index (χ1) is 15.1. The Kier molecular flexibility index (Phi) is 5.89. The molecule has 0 aromatic heterocycles. The zero-order chi connectivity index (χ0) is 21.2. The van der Waals surface area contributed by atoms with Gasteiger partial charge in [-0.2, -0.15) is 0 Å². The highest BCUT2D eigenvalue weighted by Crippen LogP contribution is 2.38. The number of rotatable bonds is 5. The highest BCUT2D eigenvalue weighted by atomic mass is 35.5. The van der Waals surface area contributed by atoms with Crippen LogP contribution in [0.4, 0.5) is 5.69 Å². The van der Waals surface area contributed by atoms with Crippen LogP contribution >= 0.6 is 11.6 Å². The van der Waals surface area contributed by atoms with Gasteiger partial charge in [0.05, 0.1) is 23.9 Å². The predicted molar refractivity (Wildman–Crippen MR) is 118 cm³/mol. The van der Waals surface area contributed by atoms with Gasteiger partial charge in [0.25, 0.3) is 0 Å². The highest BCUT2D eigenvalue weighted by molar-refractivity contribution is 6.34. The number of piperazine rings is 1. The summed E-state index contributed by atoms with van der Waals surface area (Å²) in [6.07, 6.45) is 0.999. The fourth-order valence-corrected chi connectivity index (χ4v) is 4.46. The van der Waals surface area contributed by atoms with E-state index >= 15 is 0 Å². The third kappa shape index (κ3) is 4.74. The van der Waals surface area contributed by atoms with E-state index in [1.54, 1.807) is 12.1 Å². The molecule has 0 atom stereocenters. The van der Waals surface area contributed by atoms with Crippen LogP contribution in [0.5, 0.6) is 17.2 Å². The average Bonchev–Trinajstić information content (AvgIpc) is 3.23. The van der Waals surface area contributed by atoms with E-state index in [4.69, 9.17) is 25.8 Å². The van der Waals surface area contributed by atoms with Crippen molar-refractivity contribution in [2.75, 3.05) is 57.9 Å². The number of ether oxygens (including phenoxy) is 3. The molecule has 2 aromatic rings. The van der Waals surface area contributed by atoms with Crippen LogP contribution in [-0.4, -0.2) is 68.3 Å². The van der Waals surface area contributed by atoms with Gasteiger partial charge in [0.15, 0.2) is 11.5 Å². The number of anilines is 1. The molecular weight excluding hydrogens is 418 g/mol. The summed E-state index contributed by atoms with van der Waals surface area (Å²) in [4.78, 5) is 17.2. The Morgan fingerprint density at radius 2 is 1.61 bits per heavy atom. The molecule has 1 fully saturated rings. The van der Waals surface area contributed by atoms with Crippen LogP contribution in [0, 0.1) is 0 Å². The Morgan fingerprint density at radius 1 is 0.903 bits per heavy atom. The van der Waals surface area contributed by atoms with Gasteiger partial charge in [-0.05, 0) is 17.2 Å². The summed E-state index contributed by atoms with van der Waals surface area (Å²) in [6, 6.07) is 9.92. The van der Waals surface area contributed by atoms with Gasteiger partial charge in [0.1, 0.15) is 19.0 Å². The first-order valence-corrected chi connectivity index (χ1v) is 11.1. The second kappa shape index (κ2) is 8.94. The summed E-state index contributed by atoms with van der Waals surface area (Å²) in [5, 5.41) is 3.36. The van der Waals surface area contributed by atoms with E-state index in [1.165, 1.54) is 11.1 Å². The van der Waals surface area contributed by atoms with Crippen molar-refractivity contribution in [3.05, 3.63) is 46.5 Å². The predicted octanol–water partition coefficient (Wildman–Crippen LogP) is 2.80. The average molecular weight is 444 g/mol. The van der Waals surface area contributed by atoms with Crippen molar-refractivity contribution in [1.82, 2.24) is 9.80 Å². The molecule has 0 saturated carbocycles. The molecule has 0 aliphatic carbocycles. The molecule has 0 unspecified atom stereocenters. The van der Waals surface area contributed by atoms with Crippen molar-refractivity contribution in [1.29, 1.82) is 0 Å². The molecule has 8 heteroatoms. The Labute approximate surface area is 186 Å². The monoisotopic (exact) mass is 443 g/mol. The zero-order valence-electron chi connectivity index (χ0n) is 17.4. The molecule has 0 bridgehead atoms. The molecule has 2 aromatic carbocycles. The largest absolute Gasteiger partial charge is 0.493 e. The first-order valence-electron chi connectivity index (χ1n) is 10.7. The van der Waals surface area contributed by atoms with Gasteiger partial charge in [0, 0.05) is 51.3 Å². The number of carbonyl (C=O) groups is 1. The molecule has 164 valence electrons. The van der Waals surface area contributed by atoms with E-state index in [0.29, 0.717) is 42.0 Å². The molecule has 31 heavy (non-hydrogen) atoms. The van der Waals surface area contributed by atoms with Crippen molar-refractivity contribution in [3.63, 3.8) is 0 Å². The summed E-state index contributed by atoms with van der Waals surface area (Å²) in [7, 11) is 0. The summed E-state index contributed by atoms with van der Waals surface area (Å²) < 4.78 is 16.7. The zero-order valence-corrected chi connectivity index (χ0v) is 18.1. The third-order valence-electron chi connectivity index (χ3n) is 5.90. The van der Waals surface area contributed by atoms with Crippen LogP contribution in [0.15, 0.2) is 30.3 Å². The summed E-state index contributed by atoms with van der Waals surface area (Å²) in [6.45, 7) is 6.64. The van der Waals surface area contributed by atoms with Crippen molar-refractivity contribution in [2.45, 2.75) is 13.0 Å². The molecule has 0 radical (unpaired) electrons. The number of benzene rings is 2. The Morgan fingerprint density at radius 3 is 2.42 bits per heavy atom. The lowest BCUT2D eigenvalue weighted by Gasteiger charge is -2.34. The molecule has 3 aliphatic rings. The van der Waals surface area contributed by atoms with Crippen molar-refractivity contribution in [3.8, 4) is 17.2 Å². The highest BCUT2D eigenvalue weighted by Gasteiger charge is 2.21. The number of amides is 1. The summed E-state index contributed by atoms with van der Waals surface area (Å²) >= 11 is 6.30. The summed E-state index contributed by atoms with van der Waals surface area (Å²) in [5.41, 5.74) is 3.18. The normalized spacial score (nSPS) is 18.4. The number of halogens is 1. The second-order valence-corrected chi connectivity index (χ2v) is 8.52. The smallest absolute Gasteiger partial charge is 0.238 e. The number of carbonyl (C=O) groups excluding carboxylic acids is 1. The topological polar surface area (TPSA) is 63.3 Å². The number of nitrogens with zero attached hydrogens (tertiary/aromatic N) is 2. The second-order valence-electron chi connectivity index (χ2n) is 8.12. The van der Waals surface area contributed by atoms with Crippen molar-refractivity contribution in [2.24, 2.45) is 0 Å². The molecule has 1 amide bonds. The van der Waals surface area contributed by atoms with E-state index in [9.17, 15) is 4.79 Å². The van der Waals surface area contributed by atoms with Crippen molar-refractivity contribution < 1.29 is 19.0 Å². The molecule has 3 heterocycles. The Hall–Kier alpha value is -2.48. The SMILES string of the molecule is O=C(CN1CCN(Cc2ccc3c(c2)CCO3)CC1)Nc1cc2c(cc1Cl)OCCO2. The maximum atomic E-state index is 12.6. The quantitative estimate of drug-likeness (QED) is 0.766. The van der Waals surface area contributed by atoms with Gasteiger partial charge in [-0.25, -0.2) is 0 Å². The van der Waals surface area contributed by atoms with Crippen LogP contribution < -0.4 is 19.5 Å². The molecule has 5 rings (SSSR count). The van der Waals surface area contributed by atoms with Crippen LogP contribution in [-0.2, 0) is 17.8 Å². The lowest BCUT2D eigenvalue weighted by Crippen LogP contribution is -2.48. The molecule has 1 N–H and O–H groups in total. The molecule has 1 saturated heterocycles.